The molecule has 5 rings (SSSR count). The highest BCUT2D eigenvalue weighted by atomic mass is 32.1. The van der Waals surface area contributed by atoms with E-state index < -0.39 is 74.5 Å². The number of rotatable bonds is 2. The lowest BCUT2D eigenvalue weighted by atomic mass is 9.95. The number of alkyl halides is 6. The lowest BCUT2D eigenvalue weighted by molar-refractivity contribution is -0.142. The number of fused-ring (bicyclic) bond motifs is 2. The van der Waals surface area contributed by atoms with E-state index in [9.17, 15) is 35.1 Å². The first-order valence-electron chi connectivity index (χ1n) is 9.57. The molecule has 0 unspecified atom stereocenters. The van der Waals surface area contributed by atoms with Crippen LogP contribution in [0.3, 0.4) is 0 Å². The topological polar surface area (TPSA) is 25.8 Å². The van der Waals surface area contributed by atoms with E-state index in [0.29, 0.717) is 15.5 Å². The zero-order valence-electron chi connectivity index (χ0n) is 17.0. The van der Waals surface area contributed by atoms with Gasteiger partial charge in [-0.2, -0.15) is 26.3 Å². The van der Waals surface area contributed by atoms with Gasteiger partial charge < -0.3 is 0 Å². The Morgan fingerprint density at radius 2 is 1.25 bits per heavy atom. The summed E-state index contributed by atoms with van der Waals surface area (Å²) >= 11 is 2.28. The fourth-order valence-corrected chi connectivity index (χ4v) is 5.78. The van der Waals surface area contributed by atoms with Gasteiger partial charge in [0.25, 0.3) is 0 Å². The molecule has 0 saturated carbocycles. The molecule has 14 heteroatoms. The van der Waals surface area contributed by atoms with Crippen molar-refractivity contribution in [3.63, 3.8) is 0 Å². The number of thiophene rings is 2. The summed E-state index contributed by atoms with van der Waals surface area (Å²) in [6.07, 6.45) is -10.6. The SMILES string of the molecule is Fc1c(F)c(F)c2c(-c3ccc(C(F)(F)F)cc3C(F)(F)F)nnc(-c3cc4sccc4s3)c2c1F. The molecule has 0 atom stereocenters. The molecule has 5 aromatic rings. The predicted molar refractivity (Wildman–Crippen MR) is 114 cm³/mol. The van der Waals surface area contributed by atoms with Gasteiger partial charge >= 0.3 is 12.4 Å². The third-order valence-corrected chi connectivity index (χ3v) is 7.37. The number of halogens is 10. The van der Waals surface area contributed by atoms with Crippen molar-refractivity contribution in [3.8, 4) is 21.8 Å². The lowest BCUT2D eigenvalue weighted by Crippen LogP contribution is -2.13. The third kappa shape index (κ3) is 3.79. The zero-order chi connectivity index (χ0) is 26.2. The number of nitrogens with zero attached hydrogens (tertiary/aromatic N) is 2. The molecule has 0 amide bonds. The second kappa shape index (κ2) is 8.13. The van der Waals surface area contributed by atoms with Gasteiger partial charge in [-0.1, -0.05) is 6.07 Å². The summed E-state index contributed by atoms with van der Waals surface area (Å²) in [7, 11) is 0. The Hall–Kier alpha value is -3.26. The van der Waals surface area contributed by atoms with Gasteiger partial charge in [-0.25, -0.2) is 17.6 Å². The molecule has 0 fully saturated rings. The van der Waals surface area contributed by atoms with Crippen LogP contribution in [0.2, 0.25) is 0 Å². The van der Waals surface area contributed by atoms with Crippen LogP contribution in [-0.2, 0) is 12.4 Å². The molecular weight excluding hydrogens is 546 g/mol. The molecule has 0 spiro atoms. The van der Waals surface area contributed by atoms with E-state index >= 15 is 8.78 Å². The van der Waals surface area contributed by atoms with Crippen LogP contribution < -0.4 is 0 Å². The first-order valence-corrected chi connectivity index (χ1v) is 11.3. The predicted octanol–water partition coefficient (Wildman–Crippen LogP) is 8.83. The normalized spacial score (nSPS) is 12.7. The van der Waals surface area contributed by atoms with Gasteiger partial charge in [0.05, 0.1) is 26.8 Å². The van der Waals surface area contributed by atoms with Gasteiger partial charge in [-0.15, -0.1) is 32.9 Å². The molecule has 0 bridgehead atoms. The number of hydrogen-bond acceptors (Lipinski definition) is 4. The first-order chi connectivity index (χ1) is 16.8. The Morgan fingerprint density at radius 3 is 1.83 bits per heavy atom. The Balaban J connectivity index is 1.89. The highest BCUT2D eigenvalue weighted by molar-refractivity contribution is 7.28. The lowest BCUT2D eigenvalue weighted by Gasteiger charge is -2.17. The summed E-state index contributed by atoms with van der Waals surface area (Å²) < 4.78 is 140. The highest BCUT2D eigenvalue weighted by Crippen LogP contribution is 2.45. The van der Waals surface area contributed by atoms with Crippen LogP contribution in [0, 0.1) is 23.3 Å². The number of benzene rings is 2. The van der Waals surface area contributed by atoms with Crippen molar-refractivity contribution in [2.45, 2.75) is 12.4 Å². The minimum Gasteiger partial charge on any atom is -0.203 e. The summed E-state index contributed by atoms with van der Waals surface area (Å²) in [5, 5.41) is 6.74. The van der Waals surface area contributed by atoms with Crippen LogP contribution >= 0.6 is 22.7 Å². The van der Waals surface area contributed by atoms with Crippen LogP contribution in [0.4, 0.5) is 43.9 Å². The summed E-state index contributed by atoms with van der Waals surface area (Å²) in [6.45, 7) is 0. The Kier molecular flexibility index (Phi) is 5.52. The Labute approximate surface area is 201 Å². The second-order valence-corrected chi connectivity index (χ2v) is 9.45. The average molecular weight is 552 g/mol. The van der Waals surface area contributed by atoms with Gasteiger partial charge in [0.1, 0.15) is 11.4 Å². The largest absolute Gasteiger partial charge is 0.417 e. The molecule has 0 aliphatic heterocycles. The summed E-state index contributed by atoms with van der Waals surface area (Å²) in [4.78, 5) is 0.133. The molecular formula is C22H6F10N2S2. The van der Waals surface area contributed by atoms with Crippen LogP contribution in [0.1, 0.15) is 11.1 Å². The van der Waals surface area contributed by atoms with E-state index in [1.165, 1.54) is 17.4 Å². The average Bonchev–Trinajstić information content (AvgIpc) is 3.41. The molecule has 3 aromatic heterocycles. The van der Waals surface area contributed by atoms with Crippen molar-refractivity contribution in [2.75, 3.05) is 0 Å². The van der Waals surface area contributed by atoms with E-state index in [1.807, 2.05) is 0 Å². The fraction of sp³-hybridized carbons (Fsp3) is 0.0909. The fourth-order valence-electron chi connectivity index (χ4n) is 3.68. The van der Waals surface area contributed by atoms with Gasteiger partial charge in [0.2, 0.25) is 0 Å². The van der Waals surface area contributed by atoms with Crippen molar-refractivity contribution in [1.29, 1.82) is 0 Å². The third-order valence-electron chi connectivity index (χ3n) is 5.27. The molecule has 2 aromatic carbocycles. The van der Waals surface area contributed by atoms with Gasteiger partial charge in [-0.05, 0) is 29.6 Å². The summed E-state index contributed by atoms with van der Waals surface area (Å²) in [5.74, 6) is -8.57. The minimum atomic E-state index is -5.41. The molecule has 0 radical (unpaired) electrons. The van der Waals surface area contributed by atoms with Crippen molar-refractivity contribution in [3.05, 3.63) is 70.1 Å². The molecule has 0 N–H and O–H groups in total. The molecule has 3 heterocycles. The van der Waals surface area contributed by atoms with Crippen molar-refractivity contribution in [2.24, 2.45) is 0 Å². The van der Waals surface area contributed by atoms with E-state index in [1.54, 1.807) is 11.4 Å². The molecule has 2 nitrogen and oxygen atoms in total. The maximum Gasteiger partial charge on any atom is 0.417 e. The van der Waals surface area contributed by atoms with E-state index in [4.69, 9.17) is 0 Å². The first kappa shape index (κ1) is 24.4. The Morgan fingerprint density at radius 1 is 0.639 bits per heavy atom. The summed E-state index contributed by atoms with van der Waals surface area (Å²) in [5.41, 5.74) is -6.28. The molecule has 36 heavy (non-hydrogen) atoms. The van der Waals surface area contributed by atoms with Gasteiger partial charge in [0, 0.05) is 15.0 Å². The number of hydrogen-bond donors (Lipinski definition) is 0. The molecule has 0 aliphatic rings. The summed E-state index contributed by atoms with van der Waals surface area (Å²) in [6, 6.07) is 3.54. The van der Waals surface area contributed by atoms with E-state index in [2.05, 4.69) is 10.2 Å². The van der Waals surface area contributed by atoms with Gasteiger partial charge in [-0.3, -0.25) is 0 Å². The van der Waals surface area contributed by atoms with Crippen molar-refractivity contribution in [1.82, 2.24) is 10.2 Å². The number of aromatic nitrogens is 2. The van der Waals surface area contributed by atoms with Crippen LogP contribution in [0.5, 0.6) is 0 Å². The van der Waals surface area contributed by atoms with Crippen molar-refractivity contribution < 1.29 is 43.9 Å². The van der Waals surface area contributed by atoms with Crippen LogP contribution in [-0.4, -0.2) is 10.2 Å². The zero-order valence-corrected chi connectivity index (χ0v) is 18.6. The Bertz CT molecular complexity index is 1640. The van der Waals surface area contributed by atoms with Crippen molar-refractivity contribution >= 4 is 42.8 Å². The van der Waals surface area contributed by atoms with Crippen LogP contribution in [0.25, 0.3) is 42.0 Å². The minimum absolute atomic E-state index is 0.133. The van der Waals surface area contributed by atoms with E-state index in [0.717, 1.165) is 11.3 Å². The molecule has 186 valence electrons. The maximum absolute atomic E-state index is 15.0. The standard InChI is InChI=1S/C22H6F10N2S2/c23-15-13-14(16(24)18(26)17(15)25)20(12-6-11-10(36-12)3-4-35-11)34-33-19(13)8-2-1-7(21(27,28)29)5-9(8)22(30,31)32/h1-6H. The van der Waals surface area contributed by atoms with E-state index in [-0.39, 0.29) is 17.0 Å². The van der Waals surface area contributed by atoms with Crippen LogP contribution in [0.15, 0.2) is 35.7 Å². The monoisotopic (exact) mass is 552 g/mol. The smallest absolute Gasteiger partial charge is 0.203 e. The molecule has 0 aliphatic carbocycles. The maximum atomic E-state index is 15.0. The van der Waals surface area contributed by atoms with Gasteiger partial charge in [0.15, 0.2) is 23.3 Å². The second-order valence-electron chi connectivity index (χ2n) is 7.42. The quantitative estimate of drug-likeness (QED) is 0.124. The molecule has 0 saturated heterocycles. The highest BCUT2D eigenvalue weighted by Gasteiger charge is 2.40.